The Hall–Kier alpha value is -3.63. The molecule has 2 aromatic carbocycles. The van der Waals surface area contributed by atoms with Crippen molar-refractivity contribution in [1.29, 1.82) is 0 Å². The van der Waals surface area contributed by atoms with Crippen LogP contribution in [0.5, 0.6) is 0 Å². The minimum absolute atomic E-state index is 0.0345. The van der Waals surface area contributed by atoms with E-state index in [2.05, 4.69) is 6.58 Å². The Bertz CT molecular complexity index is 1480. The van der Waals surface area contributed by atoms with Crippen molar-refractivity contribution in [3.63, 3.8) is 0 Å². The Morgan fingerprint density at radius 3 is 2.38 bits per heavy atom. The van der Waals surface area contributed by atoms with Gasteiger partial charge >= 0.3 is 5.97 Å². The lowest BCUT2D eigenvalue weighted by Gasteiger charge is -2.50. The number of fused-ring (bicyclic) bond motifs is 2. The van der Waals surface area contributed by atoms with Gasteiger partial charge in [0.25, 0.3) is 11.6 Å². The number of aliphatic hydroxyl groups excluding tert-OH is 1. The average Bonchev–Trinajstić information content (AvgIpc) is 3.50. The van der Waals surface area contributed by atoms with E-state index in [4.69, 9.17) is 42.6 Å². The highest BCUT2D eigenvalue weighted by atomic mass is 16.8. The Labute approximate surface area is 290 Å². The van der Waals surface area contributed by atoms with Gasteiger partial charge in [0, 0.05) is 24.3 Å². The number of nitro benzene ring substituents is 1. The maximum atomic E-state index is 13.5. The molecule has 0 aliphatic carbocycles. The lowest BCUT2D eigenvalue weighted by Crippen LogP contribution is -2.66. The summed E-state index contributed by atoms with van der Waals surface area (Å²) in [6.45, 7) is 11.1. The Balaban J connectivity index is 1.23. The second kappa shape index (κ2) is 15.3. The Kier molecular flexibility index (Phi) is 11.1. The molecule has 4 heterocycles. The van der Waals surface area contributed by atoms with Gasteiger partial charge in [-0.1, -0.05) is 42.5 Å². The fraction of sp³-hybridized carbons (Fsp3) is 0.583. The second-order valence-electron chi connectivity index (χ2n) is 13.9. The monoisotopic (exact) mass is 699 g/mol. The van der Waals surface area contributed by atoms with Crippen LogP contribution >= 0.6 is 0 Å². The number of unbranched alkanes of at least 4 members (excludes halogenated alkanes) is 1. The number of aryl methyl sites for hydroxylation is 1. The molecule has 6 rings (SSSR count). The summed E-state index contributed by atoms with van der Waals surface area (Å²) in [6.07, 6.45) is -7.77. The highest BCUT2D eigenvalue weighted by Gasteiger charge is 2.58. The van der Waals surface area contributed by atoms with Gasteiger partial charge in [-0.25, -0.2) is 0 Å². The van der Waals surface area contributed by atoms with Gasteiger partial charge in [0.1, 0.15) is 24.4 Å². The molecule has 4 aliphatic heterocycles. The van der Waals surface area contributed by atoms with Crippen molar-refractivity contribution in [2.45, 2.75) is 115 Å². The van der Waals surface area contributed by atoms with Crippen LogP contribution in [0.3, 0.4) is 0 Å². The third-order valence-electron chi connectivity index (χ3n) is 9.08. The van der Waals surface area contributed by atoms with Crippen LogP contribution in [0.25, 0.3) is 0 Å². The number of non-ortho nitro benzene ring substituents is 1. The van der Waals surface area contributed by atoms with Crippen molar-refractivity contribution >= 4 is 11.7 Å². The van der Waals surface area contributed by atoms with Crippen LogP contribution in [-0.4, -0.2) is 90.6 Å². The molecule has 0 radical (unpaired) electrons. The summed E-state index contributed by atoms with van der Waals surface area (Å²) in [5, 5.41) is 21.8. The van der Waals surface area contributed by atoms with E-state index in [9.17, 15) is 20.0 Å². The first-order valence-corrected chi connectivity index (χ1v) is 16.9. The van der Waals surface area contributed by atoms with Crippen LogP contribution in [0.4, 0.5) is 5.69 Å². The molecule has 11 unspecified atom stereocenters. The summed E-state index contributed by atoms with van der Waals surface area (Å²) in [6, 6.07) is 15.9. The summed E-state index contributed by atoms with van der Waals surface area (Å²) in [5.74, 6) is -0.469. The molecule has 0 saturated carbocycles. The van der Waals surface area contributed by atoms with E-state index in [0.717, 1.165) is 17.5 Å². The number of esters is 1. The third-order valence-corrected chi connectivity index (χ3v) is 9.08. The topological polar surface area (TPSA) is 164 Å². The van der Waals surface area contributed by atoms with E-state index in [0.29, 0.717) is 12.8 Å². The SMILES string of the molecule is C=C1OC2C(OC3C4OC(c5ccccc5)OCC4OC(OCCCCc4ccc([N+](=O)[O-])cc4)C3OC(=O)C(C)(C)C)OC(C)C(O)C2O1. The maximum Gasteiger partial charge on any atom is 0.311 e. The van der Waals surface area contributed by atoms with Crippen molar-refractivity contribution in [2.24, 2.45) is 5.41 Å². The maximum absolute atomic E-state index is 13.5. The van der Waals surface area contributed by atoms with E-state index in [-0.39, 0.29) is 24.8 Å². The smallest absolute Gasteiger partial charge is 0.311 e. The number of carbonyl (C=O) groups excluding carboxylic acids is 1. The number of ether oxygens (including phenoxy) is 9. The molecule has 4 fully saturated rings. The molecule has 4 aliphatic rings. The van der Waals surface area contributed by atoms with E-state index in [1.54, 1.807) is 39.8 Å². The van der Waals surface area contributed by atoms with Gasteiger partial charge in [0.15, 0.2) is 37.2 Å². The number of nitrogens with zero attached hydrogens (tertiary/aromatic N) is 1. The number of carbonyl (C=O) groups is 1. The van der Waals surface area contributed by atoms with Crippen LogP contribution in [0, 0.1) is 15.5 Å². The van der Waals surface area contributed by atoms with Gasteiger partial charge in [0.05, 0.1) is 23.0 Å². The minimum Gasteiger partial charge on any atom is -0.455 e. The predicted molar refractivity (Wildman–Crippen MR) is 174 cm³/mol. The molecule has 14 heteroatoms. The van der Waals surface area contributed by atoms with E-state index in [1.165, 1.54) is 12.1 Å². The lowest BCUT2D eigenvalue weighted by molar-refractivity contribution is -0.388. The van der Waals surface area contributed by atoms with Crippen LogP contribution in [0.15, 0.2) is 67.1 Å². The highest BCUT2D eigenvalue weighted by molar-refractivity contribution is 5.75. The summed E-state index contributed by atoms with van der Waals surface area (Å²) in [5.41, 5.74) is 0.924. The van der Waals surface area contributed by atoms with E-state index < -0.39 is 84.0 Å². The second-order valence-corrected chi connectivity index (χ2v) is 13.9. The molecule has 14 nitrogen and oxygen atoms in total. The molecule has 4 saturated heterocycles. The third kappa shape index (κ3) is 8.12. The van der Waals surface area contributed by atoms with Crippen LogP contribution < -0.4 is 0 Å². The number of aliphatic hydroxyl groups is 1. The normalized spacial score (nSPS) is 33.8. The Morgan fingerprint density at radius 1 is 0.960 bits per heavy atom. The van der Waals surface area contributed by atoms with E-state index in [1.807, 2.05) is 30.3 Å². The molecular formula is C36H45NO13. The fourth-order valence-corrected chi connectivity index (χ4v) is 6.30. The van der Waals surface area contributed by atoms with Crippen LogP contribution in [0.2, 0.25) is 0 Å². The summed E-state index contributed by atoms with van der Waals surface area (Å²) in [4.78, 5) is 24.0. The van der Waals surface area contributed by atoms with Gasteiger partial charge in [-0.15, -0.1) is 0 Å². The number of benzene rings is 2. The highest BCUT2D eigenvalue weighted by Crippen LogP contribution is 2.41. The lowest BCUT2D eigenvalue weighted by atomic mass is 9.94. The van der Waals surface area contributed by atoms with Crippen LogP contribution in [0.1, 0.15) is 58.0 Å². The molecule has 1 N–H and O–H groups in total. The first-order chi connectivity index (χ1) is 23.9. The van der Waals surface area contributed by atoms with Gasteiger partial charge in [0.2, 0.25) is 0 Å². The molecule has 0 bridgehead atoms. The molecule has 272 valence electrons. The predicted octanol–water partition coefficient (Wildman–Crippen LogP) is 4.48. The number of hydrogen-bond acceptors (Lipinski definition) is 13. The van der Waals surface area contributed by atoms with Gasteiger partial charge < -0.3 is 47.7 Å². The van der Waals surface area contributed by atoms with Crippen molar-refractivity contribution in [2.75, 3.05) is 13.2 Å². The Morgan fingerprint density at radius 2 is 1.68 bits per heavy atom. The quantitative estimate of drug-likeness (QED) is 0.151. The fourth-order valence-electron chi connectivity index (χ4n) is 6.30. The average molecular weight is 700 g/mol. The summed E-state index contributed by atoms with van der Waals surface area (Å²) in [7, 11) is 0. The van der Waals surface area contributed by atoms with Crippen molar-refractivity contribution < 1.29 is 57.5 Å². The largest absolute Gasteiger partial charge is 0.455 e. The number of rotatable bonds is 11. The first kappa shape index (κ1) is 36.2. The molecule has 0 spiro atoms. The minimum atomic E-state index is -1.11. The zero-order valence-corrected chi connectivity index (χ0v) is 28.6. The first-order valence-electron chi connectivity index (χ1n) is 16.9. The van der Waals surface area contributed by atoms with E-state index >= 15 is 0 Å². The number of hydrogen-bond donors (Lipinski definition) is 1. The molecule has 11 atom stereocenters. The van der Waals surface area contributed by atoms with Gasteiger partial charge in [-0.2, -0.15) is 0 Å². The van der Waals surface area contributed by atoms with Crippen molar-refractivity contribution in [3.05, 3.63) is 88.4 Å². The molecule has 50 heavy (non-hydrogen) atoms. The van der Waals surface area contributed by atoms with Crippen LogP contribution in [-0.2, 0) is 53.8 Å². The molecular weight excluding hydrogens is 654 g/mol. The summed E-state index contributed by atoms with van der Waals surface area (Å²) >= 11 is 0. The summed E-state index contributed by atoms with van der Waals surface area (Å²) < 4.78 is 55.8. The van der Waals surface area contributed by atoms with Gasteiger partial charge in [-0.3, -0.25) is 14.9 Å². The van der Waals surface area contributed by atoms with Crippen molar-refractivity contribution in [3.8, 4) is 0 Å². The zero-order chi connectivity index (χ0) is 35.6. The molecule has 0 amide bonds. The van der Waals surface area contributed by atoms with Gasteiger partial charge in [-0.05, 0) is 59.1 Å². The molecule has 2 aromatic rings. The number of nitro groups is 1. The zero-order valence-electron chi connectivity index (χ0n) is 28.6. The van der Waals surface area contributed by atoms with Crippen molar-refractivity contribution in [1.82, 2.24) is 0 Å². The standard InChI is InChI=1S/C36H45NO13/c1-20-26(38)28-30(46-21(2)45-28)34(44-20)49-29-27-25(19-43-32(48-27)23-12-7-6-8-13-23)47-33(31(29)50-35(39)36(3,4)5)42-18-10-9-11-22-14-16-24(17-15-22)37(40)41/h6-8,12-17,20,25-34,38H,2,9-11,18-19H2,1,3-5H3. The molecule has 0 aromatic heterocycles.